The number of halogens is 1. The Morgan fingerprint density at radius 1 is 1.47 bits per heavy atom. The molecule has 1 N–H and O–H groups in total. The summed E-state index contributed by atoms with van der Waals surface area (Å²) >= 11 is 0. The van der Waals surface area contributed by atoms with Crippen LogP contribution in [0.2, 0.25) is 0 Å². The van der Waals surface area contributed by atoms with E-state index in [1.807, 2.05) is 13.8 Å². The Morgan fingerprint density at radius 3 is 2.41 bits per heavy atom. The molecule has 4 nitrogen and oxygen atoms in total. The minimum absolute atomic E-state index is 0.343. The lowest BCUT2D eigenvalue weighted by molar-refractivity contribution is -0.151. The van der Waals surface area contributed by atoms with Crippen LogP contribution in [0.3, 0.4) is 0 Å². The van der Waals surface area contributed by atoms with Gasteiger partial charge in [-0.15, -0.1) is 0 Å². The fourth-order valence-electron chi connectivity index (χ4n) is 1.93. The molecule has 0 saturated carbocycles. The molecule has 0 amide bonds. The van der Waals surface area contributed by atoms with Crippen molar-refractivity contribution >= 4 is 5.97 Å². The maximum atomic E-state index is 12.8. The predicted octanol–water partition coefficient (Wildman–Crippen LogP) is 1.86. The van der Waals surface area contributed by atoms with Crippen molar-refractivity contribution in [1.29, 1.82) is 0 Å². The monoisotopic (exact) mass is 240 g/mol. The number of pyridine rings is 1. The van der Waals surface area contributed by atoms with Gasteiger partial charge in [0.05, 0.1) is 11.9 Å². The largest absolute Gasteiger partial charge is 0.480 e. The van der Waals surface area contributed by atoms with Crippen molar-refractivity contribution in [3.8, 4) is 0 Å². The molecule has 1 unspecified atom stereocenters. The molecule has 1 aromatic heterocycles. The van der Waals surface area contributed by atoms with Gasteiger partial charge in [-0.1, -0.05) is 13.8 Å². The topological polar surface area (TPSA) is 53.4 Å². The van der Waals surface area contributed by atoms with Crippen molar-refractivity contribution in [2.24, 2.45) is 0 Å². The second-order valence-electron chi connectivity index (χ2n) is 3.91. The van der Waals surface area contributed by atoms with Crippen molar-refractivity contribution in [2.45, 2.75) is 26.3 Å². The predicted molar refractivity (Wildman–Crippen MR) is 62.1 cm³/mol. The van der Waals surface area contributed by atoms with Gasteiger partial charge in [0.1, 0.15) is 5.82 Å². The van der Waals surface area contributed by atoms with E-state index in [9.17, 15) is 14.3 Å². The Bertz CT molecular complexity index is 390. The van der Waals surface area contributed by atoms with Crippen LogP contribution < -0.4 is 0 Å². The van der Waals surface area contributed by atoms with E-state index >= 15 is 0 Å². The van der Waals surface area contributed by atoms with E-state index in [0.717, 1.165) is 6.20 Å². The average molecular weight is 240 g/mol. The van der Waals surface area contributed by atoms with Crippen LogP contribution >= 0.6 is 0 Å². The summed E-state index contributed by atoms with van der Waals surface area (Å²) in [7, 11) is 0. The molecule has 0 aliphatic rings. The molecule has 0 radical (unpaired) electrons. The standard InChI is InChI=1S/C12H17FN2O2/c1-4-15(5-2)12(3,11(16)17)10-7-6-9(13)8-14-10/h6-8H,4-5H2,1-3H3,(H,16,17). The van der Waals surface area contributed by atoms with Crippen LogP contribution in [0, 0.1) is 5.82 Å². The van der Waals surface area contributed by atoms with Gasteiger partial charge < -0.3 is 5.11 Å². The van der Waals surface area contributed by atoms with E-state index in [4.69, 9.17) is 0 Å². The van der Waals surface area contributed by atoms with Crippen molar-refractivity contribution in [3.63, 3.8) is 0 Å². The summed E-state index contributed by atoms with van der Waals surface area (Å²) in [6, 6.07) is 2.65. The van der Waals surface area contributed by atoms with E-state index < -0.39 is 17.3 Å². The minimum Gasteiger partial charge on any atom is -0.480 e. The third kappa shape index (κ3) is 2.44. The molecule has 5 heteroatoms. The Hall–Kier alpha value is -1.49. The van der Waals surface area contributed by atoms with Crippen LogP contribution in [0.25, 0.3) is 0 Å². The van der Waals surface area contributed by atoms with E-state index in [1.165, 1.54) is 12.1 Å². The SMILES string of the molecule is CCN(CC)C(C)(C(=O)O)c1ccc(F)cn1. The lowest BCUT2D eigenvalue weighted by atomic mass is 9.94. The number of aromatic nitrogens is 1. The van der Waals surface area contributed by atoms with E-state index in [2.05, 4.69) is 4.98 Å². The zero-order valence-electron chi connectivity index (χ0n) is 10.3. The number of hydrogen-bond acceptors (Lipinski definition) is 3. The fraction of sp³-hybridized carbons (Fsp3) is 0.500. The van der Waals surface area contributed by atoms with E-state index in [0.29, 0.717) is 18.8 Å². The van der Waals surface area contributed by atoms with Gasteiger partial charge in [-0.05, 0) is 32.1 Å². The van der Waals surface area contributed by atoms with Crippen molar-refractivity contribution in [1.82, 2.24) is 9.88 Å². The summed E-state index contributed by atoms with van der Waals surface area (Å²) in [6.45, 7) is 6.52. The third-order valence-electron chi connectivity index (χ3n) is 3.04. The van der Waals surface area contributed by atoms with Gasteiger partial charge >= 0.3 is 5.97 Å². The van der Waals surface area contributed by atoms with Crippen LogP contribution in [0.15, 0.2) is 18.3 Å². The van der Waals surface area contributed by atoms with Crippen molar-refractivity contribution in [3.05, 3.63) is 29.8 Å². The van der Waals surface area contributed by atoms with E-state index in [1.54, 1.807) is 11.8 Å². The first-order chi connectivity index (χ1) is 7.96. The molecule has 0 fully saturated rings. The van der Waals surface area contributed by atoms with Crippen molar-refractivity contribution in [2.75, 3.05) is 13.1 Å². The highest BCUT2D eigenvalue weighted by atomic mass is 19.1. The summed E-state index contributed by atoms with van der Waals surface area (Å²) in [5.74, 6) is -1.46. The third-order valence-corrected chi connectivity index (χ3v) is 3.04. The number of hydrogen-bond donors (Lipinski definition) is 1. The molecule has 17 heavy (non-hydrogen) atoms. The zero-order valence-corrected chi connectivity index (χ0v) is 10.3. The fourth-order valence-corrected chi connectivity index (χ4v) is 1.93. The number of carboxylic acid groups (broad SMARTS) is 1. The maximum Gasteiger partial charge on any atom is 0.330 e. The quantitative estimate of drug-likeness (QED) is 0.853. The first-order valence-electron chi connectivity index (χ1n) is 5.57. The lowest BCUT2D eigenvalue weighted by Crippen LogP contribution is -2.50. The Labute approximate surface area is 100 Å². The number of likely N-dealkylation sites (N-methyl/N-ethyl adjacent to an activating group) is 1. The molecule has 1 atom stereocenters. The summed E-state index contributed by atoms with van der Waals surface area (Å²) in [5, 5.41) is 9.41. The molecule has 1 rings (SSSR count). The smallest absolute Gasteiger partial charge is 0.330 e. The molecule has 0 saturated heterocycles. The lowest BCUT2D eigenvalue weighted by Gasteiger charge is -2.35. The summed E-state index contributed by atoms with van der Waals surface area (Å²) in [5.41, 5.74) is -0.882. The highest BCUT2D eigenvalue weighted by Crippen LogP contribution is 2.26. The summed E-state index contributed by atoms with van der Waals surface area (Å²) in [4.78, 5) is 17.2. The molecule has 0 bridgehead atoms. The zero-order chi connectivity index (χ0) is 13.1. The molecular formula is C12H17FN2O2. The van der Waals surface area contributed by atoms with Gasteiger partial charge in [-0.25, -0.2) is 9.18 Å². The highest BCUT2D eigenvalue weighted by Gasteiger charge is 2.41. The summed E-state index contributed by atoms with van der Waals surface area (Å²) < 4.78 is 12.8. The molecule has 1 heterocycles. The molecule has 0 aromatic carbocycles. The molecule has 1 aromatic rings. The van der Waals surface area contributed by atoms with Gasteiger partial charge in [-0.3, -0.25) is 9.88 Å². The second kappa shape index (κ2) is 5.23. The van der Waals surface area contributed by atoms with Gasteiger partial charge in [0.15, 0.2) is 5.54 Å². The van der Waals surface area contributed by atoms with Crippen LogP contribution in [-0.2, 0) is 10.3 Å². The number of carboxylic acids is 1. The maximum absolute atomic E-state index is 12.8. The number of rotatable bonds is 5. The second-order valence-corrected chi connectivity index (χ2v) is 3.91. The van der Waals surface area contributed by atoms with Crippen LogP contribution in [-0.4, -0.2) is 34.0 Å². The molecule has 0 aliphatic carbocycles. The Morgan fingerprint density at radius 2 is 2.06 bits per heavy atom. The first-order valence-corrected chi connectivity index (χ1v) is 5.57. The first kappa shape index (κ1) is 13.6. The molecule has 0 spiro atoms. The molecular weight excluding hydrogens is 223 g/mol. The Kier molecular flexibility index (Phi) is 4.17. The number of carbonyl (C=O) groups is 1. The molecule has 0 aliphatic heterocycles. The van der Waals surface area contributed by atoms with Gasteiger partial charge in [0, 0.05) is 0 Å². The summed E-state index contributed by atoms with van der Waals surface area (Å²) in [6.07, 6.45) is 1.04. The average Bonchev–Trinajstić information content (AvgIpc) is 2.30. The number of nitrogens with zero attached hydrogens (tertiary/aromatic N) is 2. The van der Waals surface area contributed by atoms with Crippen LogP contribution in [0.1, 0.15) is 26.5 Å². The van der Waals surface area contributed by atoms with Gasteiger partial charge in [0.2, 0.25) is 0 Å². The van der Waals surface area contributed by atoms with Gasteiger partial charge in [0.25, 0.3) is 0 Å². The Balaban J connectivity index is 3.24. The minimum atomic E-state index is -1.23. The number of aliphatic carboxylic acids is 1. The van der Waals surface area contributed by atoms with E-state index in [-0.39, 0.29) is 0 Å². The highest BCUT2D eigenvalue weighted by molar-refractivity contribution is 5.79. The van der Waals surface area contributed by atoms with Crippen LogP contribution in [0.4, 0.5) is 4.39 Å². The molecule has 94 valence electrons. The van der Waals surface area contributed by atoms with Crippen molar-refractivity contribution < 1.29 is 14.3 Å². The van der Waals surface area contributed by atoms with Crippen LogP contribution in [0.5, 0.6) is 0 Å². The normalized spacial score (nSPS) is 14.6. The van der Waals surface area contributed by atoms with Gasteiger partial charge in [-0.2, -0.15) is 0 Å².